The molecular weight excluding hydrogens is 444 g/mol. The average molecular weight is 469 g/mol. The second-order valence-electron chi connectivity index (χ2n) is 7.42. The van der Waals surface area contributed by atoms with Gasteiger partial charge >= 0.3 is 5.97 Å². The number of halogens is 1. The minimum atomic E-state index is -0.418. The number of hydrogen-bond donors (Lipinski definition) is 1. The average Bonchev–Trinajstić information content (AvgIpc) is 3.20. The highest BCUT2D eigenvalue weighted by molar-refractivity contribution is 7.98. The first-order chi connectivity index (χ1) is 15.5. The monoisotopic (exact) mass is 468 g/mol. The van der Waals surface area contributed by atoms with E-state index in [4.69, 9.17) is 21.4 Å². The van der Waals surface area contributed by atoms with Gasteiger partial charge in [0.2, 0.25) is 11.1 Å². The summed E-state index contributed by atoms with van der Waals surface area (Å²) in [6, 6.07) is 15.6. The van der Waals surface area contributed by atoms with Crippen LogP contribution < -0.4 is 5.32 Å². The summed E-state index contributed by atoms with van der Waals surface area (Å²) in [4.78, 5) is 17.5. The van der Waals surface area contributed by atoms with E-state index in [1.807, 2.05) is 43.3 Å². The number of aryl methyl sites for hydroxylation is 1. The summed E-state index contributed by atoms with van der Waals surface area (Å²) in [5, 5.41) is 9.31. The van der Waals surface area contributed by atoms with Crippen LogP contribution in [0, 0.1) is 0 Å². The molecule has 8 heteroatoms. The van der Waals surface area contributed by atoms with Crippen LogP contribution in [-0.4, -0.2) is 27.3 Å². The van der Waals surface area contributed by atoms with Gasteiger partial charge in [0.1, 0.15) is 6.04 Å². The number of hydrogen-bond acceptors (Lipinski definition) is 6. The van der Waals surface area contributed by atoms with Crippen molar-refractivity contribution < 1.29 is 9.53 Å². The van der Waals surface area contributed by atoms with Crippen LogP contribution >= 0.6 is 23.4 Å². The molecule has 0 amide bonds. The van der Waals surface area contributed by atoms with Crippen LogP contribution in [0.25, 0.3) is 0 Å². The van der Waals surface area contributed by atoms with E-state index < -0.39 is 6.04 Å². The number of fused-ring (bicyclic) bond motifs is 1. The second kappa shape index (κ2) is 9.79. The highest BCUT2D eigenvalue weighted by Crippen LogP contribution is 2.37. The van der Waals surface area contributed by atoms with E-state index >= 15 is 0 Å². The summed E-state index contributed by atoms with van der Waals surface area (Å²) < 4.78 is 7.14. The van der Waals surface area contributed by atoms with E-state index in [1.54, 1.807) is 11.6 Å². The van der Waals surface area contributed by atoms with E-state index in [-0.39, 0.29) is 5.97 Å². The standard InChI is InChI=1S/C24H25ClN4O2S/c1-4-16-10-12-17(13-11-16)21-20(22(30)31-5-2)15(3)26-23-27-24(28-29(21)23)32-14-18-8-6-7-9-19(18)25/h6-13,21H,4-5,14H2,1-3H3,(H,26,27,28). The van der Waals surface area contributed by atoms with Crippen molar-refractivity contribution in [2.24, 2.45) is 0 Å². The molecule has 1 aromatic heterocycles. The lowest BCUT2D eigenvalue weighted by molar-refractivity contribution is -0.139. The van der Waals surface area contributed by atoms with Crippen molar-refractivity contribution in [2.75, 3.05) is 11.9 Å². The number of nitrogens with one attached hydrogen (secondary N) is 1. The van der Waals surface area contributed by atoms with Gasteiger partial charge in [0.25, 0.3) is 0 Å². The first-order valence-electron chi connectivity index (χ1n) is 10.6. The van der Waals surface area contributed by atoms with Crippen LogP contribution in [0.5, 0.6) is 0 Å². The van der Waals surface area contributed by atoms with E-state index in [0.29, 0.717) is 29.0 Å². The Morgan fingerprint density at radius 1 is 1.19 bits per heavy atom. The molecule has 2 aromatic carbocycles. The minimum Gasteiger partial charge on any atom is -0.463 e. The van der Waals surface area contributed by atoms with E-state index in [2.05, 4.69) is 29.4 Å². The molecule has 0 saturated carbocycles. The highest BCUT2D eigenvalue weighted by atomic mass is 35.5. The summed E-state index contributed by atoms with van der Waals surface area (Å²) in [5.74, 6) is 0.895. The molecule has 32 heavy (non-hydrogen) atoms. The Morgan fingerprint density at radius 2 is 1.94 bits per heavy atom. The van der Waals surface area contributed by atoms with Crippen LogP contribution in [0.4, 0.5) is 5.95 Å². The quantitative estimate of drug-likeness (QED) is 0.357. The summed E-state index contributed by atoms with van der Waals surface area (Å²) in [6.07, 6.45) is 0.948. The van der Waals surface area contributed by atoms with Crippen molar-refractivity contribution in [3.8, 4) is 0 Å². The summed E-state index contributed by atoms with van der Waals surface area (Å²) in [6.45, 7) is 6.10. The largest absolute Gasteiger partial charge is 0.463 e. The number of carbonyl (C=O) groups is 1. The molecule has 1 aliphatic rings. The first-order valence-corrected chi connectivity index (χ1v) is 11.9. The van der Waals surface area contributed by atoms with Gasteiger partial charge in [-0.2, -0.15) is 4.98 Å². The second-order valence-corrected chi connectivity index (χ2v) is 8.77. The van der Waals surface area contributed by atoms with Gasteiger partial charge < -0.3 is 10.1 Å². The molecular formula is C24H25ClN4O2S. The van der Waals surface area contributed by atoms with Gasteiger partial charge in [0.05, 0.1) is 12.2 Å². The lowest BCUT2D eigenvalue weighted by Gasteiger charge is -2.28. The van der Waals surface area contributed by atoms with Gasteiger partial charge in [-0.3, -0.25) is 0 Å². The molecule has 1 atom stereocenters. The molecule has 1 aliphatic heterocycles. The number of esters is 1. The number of rotatable bonds is 7. The summed E-state index contributed by atoms with van der Waals surface area (Å²) in [7, 11) is 0. The maximum absolute atomic E-state index is 12.9. The zero-order valence-electron chi connectivity index (χ0n) is 18.3. The molecule has 6 nitrogen and oxygen atoms in total. The molecule has 2 heterocycles. The maximum Gasteiger partial charge on any atom is 0.338 e. The lowest BCUT2D eigenvalue weighted by atomic mass is 9.95. The van der Waals surface area contributed by atoms with Crippen LogP contribution in [0.15, 0.2) is 65.0 Å². The third-order valence-electron chi connectivity index (χ3n) is 5.35. The smallest absolute Gasteiger partial charge is 0.338 e. The molecule has 1 unspecified atom stereocenters. The summed E-state index contributed by atoms with van der Waals surface area (Å²) >= 11 is 7.80. The maximum atomic E-state index is 12.9. The molecule has 0 bridgehead atoms. The third kappa shape index (κ3) is 4.54. The normalized spacial score (nSPS) is 15.3. The molecule has 3 aromatic rings. The minimum absolute atomic E-state index is 0.306. The first kappa shape index (κ1) is 22.4. The van der Waals surface area contributed by atoms with Crippen molar-refractivity contribution in [3.05, 3.63) is 81.5 Å². The fourth-order valence-corrected chi connectivity index (χ4v) is 4.78. The Balaban J connectivity index is 1.69. The third-order valence-corrected chi connectivity index (χ3v) is 6.60. The topological polar surface area (TPSA) is 69.0 Å². The van der Waals surface area contributed by atoms with Crippen molar-refractivity contribution >= 4 is 35.3 Å². The number of allylic oxidation sites excluding steroid dienone is 1. The fourth-order valence-electron chi connectivity index (χ4n) is 3.67. The Morgan fingerprint density at radius 3 is 2.62 bits per heavy atom. The summed E-state index contributed by atoms with van der Waals surface area (Å²) in [5.41, 5.74) is 4.47. The Labute approximate surface area is 197 Å². The van der Waals surface area contributed by atoms with Gasteiger partial charge in [-0.15, -0.1) is 5.10 Å². The van der Waals surface area contributed by atoms with Gasteiger partial charge in [-0.05, 0) is 43.0 Å². The fraction of sp³-hybridized carbons (Fsp3) is 0.292. The van der Waals surface area contributed by atoms with Gasteiger partial charge in [0.15, 0.2) is 0 Å². The number of anilines is 1. The van der Waals surface area contributed by atoms with E-state index in [9.17, 15) is 4.79 Å². The van der Waals surface area contributed by atoms with Gasteiger partial charge in [-0.1, -0.05) is 72.8 Å². The van der Waals surface area contributed by atoms with Crippen LogP contribution in [0.1, 0.15) is 43.5 Å². The molecule has 166 valence electrons. The van der Waals surface area contributed by atoms with Crippen molar-refractivity contribution in [3.63, 3.8) is 0 Å². The van der Waals surface area contributed by atoms with E-state index in [0.717, 1.165) is 28.3 Å². The Bertz CT molecular complexity index is 1160. The molecule has 0 saturated heterocycles. The number of benzene rings is 2. The Kier molecular flexibility index (Phi) is 6.86. The van der Waals surface area contributed by atoms with Crippen molar-refractivity contribution in [2.45, 2.75) is 44.1 Å². The predicted molar refractivity (Wildman–Crippen MR) is 128 cm³/mol. The number of ether oxygens (including phenoxy) is 1. The number of aromatic nitrogens is 3. The molecule has 4 rings (SSSR count). The number of carbonyl (C=O) groups excluding carboxylic acids is 1. The number of thioether (sulfide) groups is 1. The van der Waals surface area contributed by atoms with E-state index in [1.165, 1.54) is 17.3 Å². The molecule has 1 N–H and O–H groups in total. The van der Waals surface area contributed by atoms with Crippen molar-refractivity contribution in [1.29, 1.82) is 0 Å². The van der Waals surface area contributed by atoms with Gasteiger partial charge in [-0.25, -0.2) is 9.48 Å². The van der Waals surface area contributed by atoms with Crippen molar-refractivity contribution in [1.82, 2.24) is 14.8 Å². The molecule has 0 spiro atoms. The highest BCUT2D eigenvalue weighted by Gasteiger charge is 2.35. The SMILES string of the molecule is CCOC(=O)C1=C(C)Nc2nc(SCc3ccccc3Cl)nn2C1c1ccc(CC)cc1. The van der Waals surface area contributed by atoms with Gasteiger partial charge in [0, 0.05) is 16.5 Å². The van der Waals surface area contributed by atoms with Crippen LogP contribution in [0.2, 0.25) is 5.02 Å². The Hall–Kier alpha value is -2.77. The number of nitrogens with zero attached hydrogens (tertiary/aromatic N) is 3. The predicted octanol–water partition coefficient (Wildman–Crippen LogP) is 5.64. The molecule has 0 radical (unpaired) electrons. The molecule has 0 aliphatic carbocycles. The zero-order valence-corrected chi connectivity index (χ0v) is 19.8. The van der Waals surface area contributed by atoms with Crippen LogP contribution in [-0.2, 0) is 21.7 Å². The zero-order chi connectivity index (χ0) is 22.7. The molecule has 0 fully saturated rings. The van der Waals surface area contributed by atoms with Crippen LogP contribution in [0.3, 0.4) is 0 Å². The lowest BCUT2D eigenvalue weighted by Crippen LogP contribution is -2.29.